The van der Waals surface area contributed by atoms with Gasteiger partial charge in [-0.15, -0.1) is 6.42 Å². The summed E-state index contributed by atoms with van der Waals surface area (Å²) in [6, 6.07) is 4.97. The highest BCUT2D eigenvalue weighted by atomic mass is 35.5. The third-order valence-electron chi connectivity index (χ3n) is 2.42. The molecule has 0 saturated carbocycles. The van der Waals surface area contributed by atoms with Gasteiger partial charge in [-0.3, -0.25) is 10.1 Å². The molecule has 0 spiro atoms. The molecule has 0 aliphatic rings. The number of amides is 1. The average molecular weight is 251 g/mol. The molecule has 0 aliphatic heterocycles. The van der Waals surface area contributed by atoms with Gasteiger partial charge in [-0.1, -0.05) is 23.6 Å². The number of benzene rings is 1. The number of primary amides is 1. The number of nitrogens with two attached hydrogens (primary N) is 1. The Hall–Kier alpha value is -1.50. The van der Waals surface area contributed by atoms with E-state index >= 15 is 0 Å². The lowest BCUT2D eigenvalue weighted by Gasteiger charge is -2.20. The second-order valence-corrected chi connectivity index (χ2v) is 4.70. The third-order valence-corrected chi connectivity index (χ3v) is 2.77. The van der Waals surface area contributed by atoms with Crippen molar-refractivity contribution in [2.75, 3.05) is 0 Å². The summed E-state index contributed by atoms with van der Waals surface area (Å²) in [7, 11) is 0. The maximum Gasteiger partial charge on any atom is 0.248 e. The Kier molecular flexibility index (Phi) is 4.17. The lowest BCUT2D eigenvalue weighted by Crippen LogP contribution is -2.37. The van der Waals surface area contributed by atoms with E-state index < -0.39 is 11.4 Å². The predicted molar refractivity (Wildman–Crippen MR) is 69.7 cm³/mol. The number of carbonyl (C=O) groups is 1. The molecule has 0 aromatic heterocycles. The van der Waals surface area contributed by atoms with Crippen LogP contribution < -0.4 is 11.1 Å². The fourth-order valence-electron chi connectivity index (χ4n) is 1.21. The van der Waals surface area contributed by atoms with E-state index in [4.69, 9.17) is 23.8 Å². The molecule has 0 atom stereocenters. The van der Waals surface area contributed by atoms with Crippen molar-refractivity contribution in [3.63, 3.8) is 0 Å². The van der Waals surface area contributed by atoms with Gasteiger partial charge >= 0.3 is 0 Å². The summed E-state index contributed by atoms with van der Waals surface area (Å²) < 4.78 is 0. The molecule has 0 saturated heterocycles. The minimum Gasteiger partial charge on any atom is -0.366 e. The van der Waals surface area contributed by atoms with E-state index in [0.717, 1.165) is 5.56 Å². The maximum absolute atomic E-state index is 10.9. The second-order valence-electron chi connectivity index (χ2n) is 4.29. The van der Waals surface area contributed by atoms with Crippen LogP contribution in [0.15, 0.2) is 18.2 Å². The van der Waals surface area contributed by atoms with Crippen LogP contribution in [0.3, 0.4) is 0 Å². The molecule has 0 fully saturated rings. The first-order valence-corrected chi connectivity index (χ1v) is 5.54. The first kappa shape index (κ1) is 13.6. The standard InChI is InChI=1S/C13H15ClN2O/c1-4-13(2,3)16-8-10-6-5-9(12(15)17)7-11(10)14/h1,5-7,16H,8H2,2-3H3,(H2,15,17). The molecule has 17 heavy (non-hydrogen) atoms. The zero-order valence-electron chi connectivity index (χ0n) is 9.88. The normalized spacial score (nSPS) is 10.9. The van der Waals surface area contributed by atoms with Crippen LogP contribution in [0.5, 0.6) is 0 Å². The van der Waals surface area contributed by atoms with Gasteiger partial charge in [0, 0.05) is 17.1 Å². The Bertz CT molecular complexity index is 475. The van der Waals surface area contributed by atoms with Crippen LogP contribution in [-0.4, -0.2) is 11.4 Å². The van der Waals surface area contributed by atoms with Crippen molar-refractivity contribution < 1.29 is 4.79 Å². The Balaban J connectivity index is 2.81. The van der Waals surface area contributed by atoms with E-state index in [9.17, 15) is 4.79 Å². The molecule has 3 nitrogen and oxygen atoms in total. The summed E-state index contributed by atoms with van der Waals surface area (Å²) in [6.07, 6.45) is 5.37. The molecule has 4 heteroatoms. The molecule has 0 radical (unpaired) electrons. The monoisotopic (exact) mass is 250 g/mol. The van der Waals surface area contributed by atoms with Crippen molar-refractivity contribution >= 4 is 17.5 Å². The molecule has 90 valence electrons. The number of terminal acetylenes is 1. The molecule has 1 rings (SSSR count). The van der Waals surface area contributed by atoms with E-state index in [1.165, 1.54) is 0 Å². The number of carbonyl (C=O) groups excluding carboxylic acids is 1. The predicted octanol–water partition coefficient (Wildman–Crippen LogP) is 1.94. The zero-order valence-corrected chi connectivity index (χ0v) is 10.6. The van der Waals surface area contributed by atoms with Crippen molar-refractivity contribution in [1.29, 1.82) is 0 Å². The number of hydrogen-bond acceptors (Lipinski definition) is 2. The number of rotatable bonds is 4. The van der Waals surface area contributed by atoms with Crippen LogP contribution in [0.4, 0.5) is 0 Å². The molecule has 1 amide bonds. The van der Waals surface area contributed by atoms with Crippen molar-refractivity contribution in [2.45, 2.75) is 25.9 Å². The van der Waals surface area contributed by atoms with Gasteiger partial charge in [0.15, 0.2) is 0 Å². The minimum absolute atomic E-state index is 0.397. The van der Waals surface area contributed by atoms with E-state index in [2.05, 4.69) is 11.2 Å². The molecule has 1 aromatic carbocycles. The lowest BCUT2D eigenvalue weighted by molar-refractivity contribution is 0.100. The summed E-state index contributed by atoms with van der Waals surface area (Å²) in [5, 5.41) is 3.68. The molecule has 0 heterocycles. The molecular formula is C13H15ClN2O. The largest absolute Gasteiger partial charge is 0.366 e. The van der Waals surface area contributed by atoms with Crippen molar-refractivity contribution in [2.24, 2.45) is 5.73 Å². The Morgan fingerprint density at radius 2 is 2.24 bits per heavy atom. The number of halogens is 1. The minimum atomic E-state index is -0.490. The molecule has 1 aromatic rings. The van der Waals surface area contributed by atoms with Gasteiger partial charge in [-0.25, -0.2) is 0 Å². The van der Waals surface area contributed by atoms with Crippen LogP contribution in [-0.2, 0) is 6.54 Å². The van der Waals surface area contributed by atoms with E-state index in [1.54, 1.807) is 18.2 Å². The van der Waals surface area contributed by atoms with Crippen molar-refractivity contribution in [1.82, 2.24) is 5.32 Å². The maximum atomic E-state index is 10.9. The number of nitrogens with one attached hydrogen (secondary N) is 1. The van der Waals surface area contributed by atoms with Crippen LogP contribution in [0.1, 0.15) is 29.8 Å². The molecule has 3 N–H and O–H groups in total. The highest BCUT2D eigenvalue weighted by Crippen LogP contribution is 2.18. The summed E-state index contributed by atoms with van der Waals surface area (Å²) >= 11 is 6.05. The van der Waals surface area contributed by atoms with Crippen LogP contribution in [0.25, 0.3) is 0 Å². The molecule has 0 bridgehead atoms. The topological polar surface area (TPSA) is 55.1 Å². The fourth-order valence-corrected chi connectivity index (χ4v) is 1.46. The fraction of sp³-hybridized carbons (Fsp3) is 0.308. The van der Waals surface area contributed by atoms with Crippen LogP contribution in [0, 0.1) is 12.3 Å². The molecule has 0 unspecified atom stereocenters. The molecular weight excluding hydrogens is 236 g/mol. The van der Waals surface area contributed by atoms with Crippen molar-refractivity contribution in [3.05, 3.63) is 34.3 Å². The second kappa shape index (κ2) is 5.22. The smallest absolute Gasteiger partial charge is 0.248 e. The van der Waals surface area contributed by atoms with E-state index in [1.807, 2.05) is 13.8 Å². The third kappa shape index (κ3) is 3.77. The van der Waals surface area contributed by atoms with E-state index in [0.29, 0.717) is 17.1 Å². The van der Waals surface area contributed by atoms with E-state index in [-0.39, 0.29) is 0 Å². The van der Waals surface area contributed by atoms with Gasteiger partial charge < -0.3 is 5.73 Å². The van der Waals surface area contributed by atoms with Gasteiger partial charge in [0.1, 0.15) is 0 Å². The van der Waals surface area contributed by atoms with Crippen LogP contribution >= 0.6 is 11.6 Å². The average Bonchev–Trinajstić information content (AvgIpc) is 2.27. The van der Waals surface area contributed by atoms with Gasteiger partial charge in [0.2, 0.25) is 5.91 Å². The van der Waals surface area contributed by atoms with Gasteiger partial charge in [0.05, 0.1) is 5.54 Å². The summed E-state index contributed by atoms with van der Waals surface area (Å²) in [6.45, 7) is 4.34. The van der Waals surface area contributed by atoms with Gasteiger partial charge in [0.25, 0.3) is 0 Å². The first-order chi connectivity index (χ1) is 7.85. The van der Waals surface area contributed by atoms with Gasteiger partial charge in [-0.2, -0.15) is 0 Å². The van der Waals surface area contributed by atoms with Crippen LogP contribution in [0.2, 0.25) is 5.02 Å². The highest BCUT2D eigenvalue weighted by molar-refractivity contribution is 6.31. The summed E-state index contributed by atoms with van der Waals surface area (Å²) in [5.41, 5.74) is 6.03. The van der Waals surface area contributed by atoms with Crippen molar-refractivity contribution in [3.8, 4) is 12.3 Å². The SMILES string of the molecule is C#CC(C)(C)NCc1ccc(C(N)=O)cc1Cl. The summed E-state index contributed by atoms with van der Waals surface area (Å²) in [5.74, 6) is 2.14. The Labute approximate surface area is 106 Å². The molecule has 0 aliphatic carbocycles. The lowest BCUT2D eigenvalue weighted by atomic mass is 10.1. The Morgan fingerprint density at radius 1 is 1.59 bits per heavy atom. The highest BCUT2D eigenvalue weighted by Gasteiger charge is 2.13. The first-order valence-electron chi connectivity index (χ1n) is 5.17. The summed E-state index contributed by atoms with van der Waals surface area (Å²) in [4.78, 5) is 10.9. The van der Waals surface area contributed by atoms with Gasteiger partial charge in [-0.05, 0) is 31.5 Å². The Morgan fingerprint density at radius 3 is 2.71 bits per heavy atom. The number of hydrogen-bond donors (Lipinski definition) is 2. The zero-order chi connectivity index (χ0) is 13.1. The quantitative estimate of drug-likeness (QED) is 0.803.